The zero-order valence-corrected chi connectivity index (χ0v) is 9.69. The van der Waals surface area contributed by atoms with Crippen LogP contribution in [0, 0.1) is 11.8 Å². The second-order valence-electron chi connectivity index (χ2n) is 5.41. The number of ketones is 1. The lowest BCUT2D eigenvalue weighted by atomic mass is 9.82. The van der Waals surface area contributed by atoms with E-state index < -0.39 is 0 Å². The van der Waals surface area contributed by atoms with Gasteiger partial charge >= 0.3 is 0 Å². The fraction of sp³-hybridized carbons (Fsp3) is 0.923. The number of rotatable bonds is 2. The quantitative estimate of drug-likeness (QED) is 0.719. The van der Waals surface area contributed by atoms with Crippen LogP contribution in [0.15, 0.2) is 0 Å². The van der Waals surface area contributed by atoms with Gasteiger partial charge < -0.3 is 9.47 Å². The van der Waals surface area contributed by atoms with Crippen molar-refractivity contribution in [2.75, 3.05) is 13.2 Å². The van der Waals surface area contributed by atoms with Gasteiger partial charge in [-0.2, -0.15) is 0 Å². The number of ether oxygens (including phenoxy) is 2. The summed E-state index contributed by atoms with van der Waals surface area (Å²) in [5.41, 5.74) is 0. The third kappa shape index (κ3) is 2.03. The molecule has 3 saturated heterocycles. The summed E-state index contributed by atoms with van der Waals surface area (Å²) < 4.78 is 11.1. The molecule has 0 aromatic heterocycles. The van der Waals surface area contributed by atoms with Crippen molar-refractivity contribution < 1.29 is 14.3 Å². The molecule has 0 amide bonds. The van der Waals surface area contributed by atoms with E-state index in [9.17, 15) is 4.79 Å². The highest BCUT2D eigenvalue weighted by molar-refractivity contribution is 5.83. The minimum absolute atomic E-state index is 0.274. The maximum Gasteiger partial charge on any atom is 0.139 e. The van der Waals surface area contributed by atoms with Gasteiger partial charge in [-0.3, -0.25) is 4.79 Å². The summed E-state index contributed by atoms with van der Waals surface area (Å²) in [6, 6.07) is 0. The van der Waals surface area contributed by atoms with Crippen LogP contribution >= 0.6 is 0 Å². The highest BCUT2D eigenvalue weighted by Gasteiger charge is 2.39. The molecule has 2 unspecified atom stereocenters. The average molecular weight is 224 g/mol. The van der Waals surface area contributed by atoms with E-state index in [1.807, 2.05) is 0 Å². The Labute approximate surface area is 96.5 Å². The Morgan fingerprint density at radius 3 is 2.12 bits per heavy atom. The van der Waals surface area contributed by atoms with Crippen LogP contribution in [0.2, 0.25) is 0 Å². The molecule has 0 radical (unpaired) electrons. The molecule has 0 N–H and O–H groups in total. The smallest absolute Gasteiger partial charge is 0.139 e. The topological polar surface area (TPSA) is 35.5 Å². The van der Waals surface area contributed by atoms with Crippen molar-refractivity contribution in [3.8, 4) is 0 Å². The first kappa shape index (κ1) is 10.7. The van der Waals surface area contributed by atoms with Gasteiger partial charge in [0.2, 0.25) is 0 Å². The third-order valence-corrected chi connectivity index (χ3v) is 4.32. The van der Waals surface area contributed by atoms with Crippen LogP contribution in [0.25, 0.3) is 0 Å². The Bertz CT molecular complexity index is 258. The fourth-order valence-corrected chi connectivity index (χ4v) is 3.41. The first-order valence-corrected chi connectivity index (χ1v) is 6.60. The minimum Gasteiger partial charge on any atom is -0.381 e. The molecule has 3 heterocycles. The Balaban J connectivity index is 1.61. The van der Waals surface area contributed by atoms with Crippen molar-refractivity contribution in [1.82, 2.24) is 0 Å². The Hall–Kier alpha value is -0.410. The van der Waals surface area contributed by atoms with Crippen molar-refractivity contribution in [3.63, 3.8) is 0 Å². The Kier molecular flexibility index (Phi) is 2.99. The molecular formula is C13H20O3. The summed E-state index contributed by atoms with van der Waals surface area (Å²) in [7, 11) is 0. The third-order valence-electron chi connectivity index (χ3n) is 4.32. The van der Waals surface area contributed by atoms with Crippen LogP contribution in [-0.2, 0) is 14.3 Å². The molecule has 0 aromatic rings. The zero-order valence-electron chi connectivity index (χ0n) is 9.69. The fourth-order valence-electron chi connectivity index (χ4n) is 3.41. The summed E-state index contributed by atoms with van der Waals surface area (Å²) in [6.07, 6.45) is 6.93. The molecule has 3 fully saturated rings. The molecule has 3 rings (SSSR count). The second-order valence-corrected chi connectivity index (χ2v) is 5.41. The van der Waals surface area contributed by atoms with Crippen molar-refractivity contribution in [1.29, 1.82) is 0 Å². The van der Waals surface area contributed by atoms with Crippen molar-refractivity contribution in [2.24, 2.45) is 11.8 Å². The van der Waals surface area contributed by atoms with Gasteiger partial charge in [0.25, 0.3) is 0 Å². The molecule has 2 atom stereocenters. The van der Waals surface area contributed by atoms with Crippen molar-refractivity contribution in [2.45, 2.75) is 50.7 Å². The van der Waals surface area contributed by atoms with Crippen LogP contribution < -0.4 is 0 Å². The standard InChI is InChI=1S/C13H20O3/c14-13(9-3-5-15-6-4-9)10-7-11-1-2-12(8-10)16-11/h9-12H,1-8H2. The number of hydrogen-bond donors (Lipinski definition) is 0. The number of hydrogen-bond acceptors (Lipinski definition) is 3. The largest absolute Gasteiger partial charge is 0.381 e. The van der Waals surface area contributed by atoms with E-state index >= 15 is 0 Å². The summed E-state index contributed by atoms with van der Waals surface area (Å²) >= 11 is 0. The van der Waals surface area contributed by atoms with Gasteiger partial charge in [0, 0.05) is 25.0 Å². The lowest BCUT2D eigenvalue weighted by molar-refractivity contribution is -0.135. The van der Waals surface area contributed by atoms with Gasteiger partial charge in [-0.05, 0) is 38.5 Å². The van der Waals surface area contributed by atoms with E-state index in [0.29, 0.717) is 18.0 Å². The highest BCUT2D eigenvalue weighted by atomic mass is 16.5. The van der Waals surface area contributed by atoms with E-state index in [1.54, 1.807) is 0 Å². The van der Waals surface area contributed by atoms with Crippen LogP contribution in [0.1, 0.15) is 38.5 Å². The van der Waals surface area contributed by atoms with Gasteiger partial charge in [0.05, 0.1) is 12.2 Å². The Morgan fingerprint density at radius 2 is 1.50 bits per heavy atom. The lowest BCUT2D eigenvalue weighted by Crippen LogP contribution is -2.35. The molecule has 0 spiro atoms. The van der Waals surface area contributed by atoms with Crippen molar-refractivity contribution in [3.05, 3.63) is 0 Å². The number of Topliss-reactive ketones (excluding diaryl/α,β-unsaturated/α-hetero) is 1. The van der Waals surface area contributed by atoms with Crippen LogP contribution in [-0.4, -0.2) is 31.2 Å². The van der Waals surface area contributed by atoms with Crippen LogP contribution in [0.5, 0.6) is 0 Å². The average Bonchev–Trinajstić information content (AvgIpc) is 2.68. The zero-order chi connectivity index (χ0) is 11.0. The first-order chi connectivity index (χ1) is 7.83. The molecule has 0 aromatic carbocycles. The molecule has 90 valence electrons. The number of carbonyl (C=O) groups is 1. The van der Waals surface area contributed by atoms with Crippen LogP contribution in [0.4, 0.5) is 0 Å². The highest BCUT2D eigenvalue weighted by Crippen LogP contribution is 2.38. The van der Waals surface area contributed by atoms with E-state index in [2.05, 4.69) is 0 Å². The monoisotopic (exact) mass is 224 g/mol. The molecule has 3 heteroatoms. The summed E-state index contributed by atoms with van der Waals surface area (Å²) in [5, 5.41) is 0. The SMILES string of the molecule is O=C(C1CCOCC1)C1CC2CCC(C1)O2. The van der Waals surface area contributed by atoms with Gasteiger partial charge in [-0.25, -0.2) is 0 Å². The van der Waals surface area contributed by atoms with Gasteiger partial charge in [0.1, 0.15) is 5.78 Å². The predicted molar refractivity (Wildman–Crippen MR) is 59.2 cm³/mol. The predicted octanol–water partition coefficient (Wildman–Crippen LogP) is 1.94. The Morgan fingerprint density at radius 1 is 0.875 bits per heavy atom. The molecular weight excluding hydrogens is 204 g/mol. The normalized spacial score (nSPS) is 39.9. The van der Waals surface area contributed by atoms with E-state index in [0.717, 1.165) is 38.9 Å². The summed E-state index contributed by atoms with van der Waals surface area (Å²) in [5.74, 6) is 1.06. The maximum absolute atomic E-state index is 12.4. The number of fused-ring (bicyclic) bond motifs is 2. The number of carbonyl (C=O) groups excluding carboxylic acids is 1. The molecule has 3 nitrogen and oxygen atoms in total. The summed E-state index contributed by atoms with van der Waals surface area (Å²) in [4.78, 5) is 12.4. The van der Waals surface area contributed by atoms with E-state index in [1.165, 1.54) is 12.8 Å². The van der Waals surface area contributed by atoms with E-state index in [4.69, 9.17) is 9.47 Å². The lowest BCUT2D eigenvalue weighted by Gasteiger charge is -2.31. The molecule has 3 aliphatic rings. The first-order valence-electron chi connectivity index (χ1n) is 6.60. The molecule has 0 aliphatic carbocycles. The van der Waals surface area contributed by atoms with E-state index in [-0.39, 0.29) is 11.8 Å². The second kappa shape index (κ2) is 4.46. The molecule has 16 heavy (non-hydrogen) atoms. The molecule has 2 bridgehead atoms. The van der Waals surface area contributed by atoms with Crippen molar-refractivity contribution >= 4 is 5.78 Å². The maximum atomic E-state index is 12.4. The van der Waals surface area contributed by atoms with Gasteiger partial charge in [-0.15, -0.1) is 0 Å². The molecule has 3 aliphatic heterocycles. The van der Waals surface area contributed by atoms with Gasteiger partial charge in [0.15, 0.2) is 0 Å². The van der Waals surface area contributed by atoms with Crippen LogP contribution in [0.3, 0.4) is 0 Å². The summed E-state index contributed by atoms with van der Waals surface area (Å²) in [6.45, 7) is 1.54. The molecule has 0 saturated carbocycles. The van der Waals surface area contributed by atoms with Gasteiger partial charge in [-0.1, -0.05) is 0 Å². The minimum atomic E-state index is 0.274.